The molecule has 0 aromatic carbocycles. The molecule has 0 radical (unpaired) electrons. The van der Waals surface area contributed by atoms with E-state index in [0.717, 1.165) is 18.4 Å². The van der Waals surface area contributed by atoms with Crippen LogP contribution in [-0.2, 0) is 23.8 Å². The number of hydrogen-bond donors (Lipinski definition) is 1. The van der Waals surface area contributed by atoms with E-state index in [4.69, 9.17) is 19.7 Å². The molecule has 12 heteroatoms. The van der Waals surface area contributed by atoms with Gasteiger partial charge in [-0.1, -0.05) is 5.11 Å². The predicted molar refractivity (Wildman–Crippen MR) is 84.9 cm³/mol. The molecule has 26 heavy (non-hydrogen) atoms. The van der Waals surface area contributed by atoms with Crippen LogP contribution >= 0.6 is 0 Å². The summed E-state index contributed by atoms with van der Waals surface area (Å²) in [4.78, 5) is 50.9. The van der Waals surface area contributed by atoms with Crippen LogP contribution in [0.15, 0.2) is 20.9 Å². The van der Waals surface area contributed by atoms with Crippen LogP contribution < -0.4 is 11.2 Å². The fourth-order valence-electron chi connectivity index (χ4n) is 2.56. The van der Waals surface area contributed by atoms with Crippen LogP contribution in [0.2, 0.25) is 0 Å². The molecule has 1 aromatic heterocycles. The molecule has 1 aliphatic heterocycles. The Labute approximate surface area is 146 Å². The third kappa shape index (κ3) is 3.92. The number of rotatable bonds is 5. The fourth-order valence-corrected chi connectivity index (χ4v) is 2.56. The van der Waals surface area contributed by atoms with Crippen molar-refractivity contribution in [1.82, 2.24) is 9.55 Å². The van der Waals surface area contributed by atoms with Gasteiger partial charge in [-0.2, -0.15) is 0 Å². The van der Waals surface area contributed by atoms with Gasteiger partial charge < -0.3 is 14.2 Å². The van der Waals surface area contributed by atoms with Crippen LogP contribution in [0.3, 0.4) is 0 Å². The van der Waals surface area contributed by atoms with E-state index in [1.54, 1.807) is 0 Å². The van der Waals surface area contributed by atoms with E-state index in [2.05, 4.69) is 15.0 Å². The third-order valence-electron chi connectivity index (χ3n) is 3.72. The molecule has 2 heterocycles. The quantitative estimate of drug-likeness (QED) is 0.337. The van der Waals surface area contributed by atoms with Gasteiger partial charge >= 0.3 is 17.6 Å². The van der Waals surface area contributed by atoms with E-state index in [0.29, 0.717) is 0 Å². The van der Waals surface area contributed by atoms with Gasteiger partial charge in [0.1, 0.15) is 18.9 Å². The number of hydrogen-bond acceptors (Lipinski definition) is 8. The molecule has 0 bridgehead atoms. The number of H-pyrrole nitrogens is 1. The molecule has 12 nitrogen and oxygen atoms in total. The first-order valence-electron chi connectivity index (χ1n) is 7.55. The molecule has 1 aliphatic rings. The number of ether oxygens (including phenoxy) is 3. The number of aromatic nitrogens is 2. The number of azide groups is 1. The highest BCUT2D eigenvalue weighted by molar-refractivity contribution is 5.66. The number of carbonyl (C=O) groups is 2. The van der Waals surface area contributed by atoms with E-state index < -0.39 is 47.9 Å². The van der Waals surface area contributed by atoms with Gasteiger partial charge in [0.25, 0.3) is 5.56 Å². The van der Waals surface area contributed by atoms with E-state index in [-0.39, 0.29) is 12.0 Å². The second-order valence-electron chi connectivity index (χ2n) is 5.70. The molecule has 1 aromatic rings. The van der Waals surface area contributed by atoms with Crippen molar-refractivity contribution in [2.45, 2.75) is 45.2 Å². The predicted octanol–water partition coefficient (Wildman–Crippen LogP) is 0.265. The fraction of sp³-hybridized carbons (Fsp3) is 0.571. The maximum Gasteiger partial charge on any atom is 0.330 e. The van der Waals surface area contributed by atoms with Crippen LogP contribution in [0.25, 0.3) is 10.4 Å². The Morgan fingerprint density at radius 3 is 2.73 bits per heavy atom. The van der Waals surface area contributed by atoms with E-state index in [9.17, 15) is 19.2 Å². The molecule has 3 atom stereocenters. The van der Waals surface area contributed by atoms with Gasteiger partial charge in [0.05, 0.1) is 0 Å². The maximum absolute atomic E-state index is 12.1. The Balaban J connectivity index is 2.47. The Hall–Kier alpha value is -3.11. The zero-order valence-corrected chi connectivity index (χ0v) is 14.3. The van der Waals surface area contributed by atoms with E-state index >= 15 is 0 Å². The lowest BCUT2D eigenvalue weighted by Gasteiger charge is -2.28. The summed E-state index contributed by atoms with van der Waals surface area (Å²) < 4.78 is 16.8. The molecule has 1 saturated heterocycles. The minimum Gasteiger partial charge on any atom is -0.462 e. The topological polar surface area (TPSA) is 165 Å². The van der Waals surface area contributed by atoms with E-state index in [1.807, 2.05) is 0 Å². The summed E-state index contributed by atoms with van der Waals surface area (Å²) in [5, 5.41) is 3.52. The zero-order valence-electron chi connectivity index (χ0n) is 14.3. The highest BCUT2D eigenvalue weighted by atomic mass is 16.6. The number of nitrogens with one attached hydrogen (secondary N) is 1. The molecular formula is C14H17N5O7. The molecule has 0 spiro atoms. The van der Waals surface area contributed by atoms with Gasteiger partial charge in [-0.25, -0.2) is 4.79 Å². The summed E-state index contributed by atoms with van der Waals surface area (Å²) in [6.45, 7) is 3.27. The highest BCUT2D eigenvalue weighted by Gasteiger charge is 2.52. The summed E-state index contributed by atoms with van der Waals surface area (Å²) in [6.07, 6.45) is -0.928. The summed E-state index contributed by atoms with van der Waals surface area (Å²) in [5.41, 5.74) is 5.98. The number of esters is 2. The zero-order chi connectivity index (χ0) is 19.5. The number of nitrogens with zero attached hydrogens (tertiary/aromatic N) is 4. The minimum atomic E-state index is -1.85. The van der Waals surface area contributed by atoms with Gasteiger partial charge in [-0.15, -0.1) is 0 Å². The largest absolute Gasteiger partial charge is 0.462 e. The molecule has 1 fully saturated rings. The van der Waals surface area contributed by atoms with Gasteiger partial charge in [0.15, 0.2) is 0 Å². The van der Waals surface area contributed by atoms with Gasteiger partial charge in [0.2, 0.25) is 5.72 Å². The standard InChI is InChI=1S/C14H17N5O7/c1-7-5-19(13(23)16-12(7)22)11-4-10(25-9(3)21)14(26-11,17-18-15)6-24-8(2)20/h5,10-11H,4,6H2,1-3H3,(H,16,22,23)/t10-,11+,14+/m1/s1. The van der Waals surface area contributed by atoms with Crippen molar-refractivity contribution in [3.63, 3.8) is 0 Å². The molecule has 140 valence electrons. The highest BCUT2D eigenvalue weighted by Crippen LogP contribution is 2.39. The molecule has 1 N–H and O–H groups in total. The average molecular weight is 367 g/mol. The van der Waals surface area contributed by atoms with Crippen molar-refractivity contribution in [2.75, 3.05) is 6.61 Å². The second kappa shape index (κ2) is 7.42. The Bertz CT molecular complexity index is 884. The first-order chi connectivity index (χ1) is 12.2. The van der Waals surface area contributed by atoms with Gasteiger partial charge in [0, 0.05) is 36.9 Å². The van der Waals surface area contributed by atoms with Crippen molar-refractivity contribution >= 4 is 11.9 Å². The van der Waals surface area contributed by atoms with Crippen LogP contribution in [0.1, 0.15) is 32.1 Å². The van der Waals surface area contributed by atoms with Crippen LogP contribution in [0, 0.1) is 6.92 Å². The maximum atomic E-state index is 12.1. The van der Waals surface area contributed by atoms with Gasteiger partial charge in [-0.05, 0) is 12.5 Å². The Morgan fingerprint density at radius 1 is 1.46 bits per heavy atom. The Kier molecular flexibility index (Phi) is 5.48. The van der Waals surface area contributed by atoms with Gasteiger partial charge in [-0.3, -0.25) is 23.9 Å². The minimum absolute atomic E-state index is 0.0642. The van der Waals surface area contributed by atoms with Crippen molar-refractivity contribution < 1.29 is 23.8 Å². The molecule has 0 aliphatic carbocycles. The molecule has 0 saturated carbocycles. The molecule has 0 unspecified atom stereocenters. The van der Waals surface area contributed by atoms with Crippen LogP contribution in [0.4, 0.5) is 0 Å². The first kappa shape index (κ1) is 19.2. The molecular weight excluding hydrogens is 350 g/mol. The van der Waals surface area contributed by atoms with Crippen LogP contribution in [0.5, 0.6) is 0 Å². The summed E-state index contributed by atoms with van der Waals surface area (Å²) >= 11 is 0. The summed E-state index contributed by atoms with van der Waals surface area (Å²) in [6, 6.07) is 0. The number of aryl methyl sites for hydroxylation is 1. The SMILES string of the molecule is CC(=O)OC[C@]1(N=[N+]=[N-])O[C@H](n2cc(C)c(=O)[nH]c2=O)C[C@H]1OC(C)=O. The van der Waals surface area contributed by atoms with Crippen molar-refractivity contribution in [1.29, 1.82) is 0 Å². The monoisotopic (exact) mass is 367 g/mol. The smallest absolute Gasteiger partial charge is 0.330 e. The summed E-state index contributed by atoms with van der Waals surface area (Å²) in [7, 11) is 0. The number of carbonyl (C=O) groups excluding carboxylic acids is 2. The number of aromatic amines is 1. The van der Waals surface area contributed by atoms with Crippen molar-refractivity contribution in [3.05, 3.63) is 43.0 Å². The van der Waals surface area contributed by atoms with E-state index in [1.165, 1.54) is 13.1 Å². The second-order valence-corrected chi connectivity index (χ2v) is 5.70. The average Bonchev–Trinajstić information content (AvgIpc) is 2.87. The molecule has 0 amide bonds. The van der Waals surface area contributed by atoms with Crippen molar-refractivity contribution in [3.8, 4) is 0 Å². The van der Waals surface area contributed by atoms with Crippen molar-refractivity contribution in [2.24, 2.45) is 5.11 Å². The first-order valence-corrected chi connectivity index (χ1v) is 7.55. The normalized spacial score (nSPS) is 24.6. The molecule has 2 rings (SSSR count). The van der Waals surface area contributed by atoms with Crippen LogP contribution in [-0.4, -0.2) is 39.9 Å². The lowest BCUT2D eigenvalue weighted by Crippen LogP contribution is -2.44. The summed E-state index contributed by atoms with van der Waals surface area (Å²) in [5.74, 6) is -1.34. The lowest BCUT2D eigenvalue weighted by molar-refractivity contribution is -0.174. The third-order valence-corrected chi connectivity index (χ3v) is 3.72. The lowest BCUT2D eigenvalue weighted by atomic mass is 10.1. The Morgan fingerprint density at radius 2 is 2.15 bits per heavy atom.